The fourth-order valence-electron chi connectivity index (χ4n) is 3.68. The Morgan fingerprint density at radius 2 is 1.84 bits per heavy atom. The SMILES string of the molecule is O=C(CN1CC[C@H](c2cc(CCOc3ccc(F)cc3)[nH]n2)C1)Nc1ccc(F)cc1. The first-order valence-electron chi connectivity index (χ1n) is 10.3. The minimum absolute atomic E-state index is 0.118. The minimum Gasteiger partial charge on any atom is -0.493 e. The van der Waals surface area contributed by atoms with Gasteiger partial charge in [0.2, 0.25) is 5.91 Å². The predicted molar refractivity (Wildman–Crippen MR) is 113 cm³/mol. The van der Waals surface area contributed by atoms with Gasteiger partial charge in [-0.2, -0.15) is 5.10 Å². The maximum Gasteiger partial charge on any atom is 0.238 e. The van der Waals surface area contributed by atoms with Crippen LogP contribution in [0.15, 0.2) is 54.6 Å². The molecule has 8 heteroatoms. The average Bonchev–Trinajstić information content (AvgIpc) is 3.41. The predicted octanol–water partition coefficient (Wildman–Crippen LogP) is 3.74. The van der Waals surface area contributed by atoms with Crippen LogP contribution < -0.4 is 10.1 Å². The van der Waals surface area contributed by atoms with E-state index < -0.39 is 0 Å². The Labute approximate surface area is 179 Å². The molecule has 2 aromatic carbocycles. The van der Waals surface area contributed by atoms with Crippen molar-refractivity contribution in [2.45, 2.75) is 18.8 Å². The third-order valence-corrected chi connectivity index (χ3v) is 5.29. The molecular formula is C23H24F2N4O2. The molecule has 0 saturated carbocycles. The highest BCUT2D eigenvalue weighted by Gasteiger charge is 2.27. The van der Waals surface area contributed by atoms with Crippen molar-refractivity contribution in [1.29, 1.82) is 0 Å². The number of amides is 1. The first-order valence-corrected chi connectivity index (χ1v) is 10.3. The molecule has 1 saturated heterocycles. The number of anilines is 1. The first-order chi connectivity index (χ1) is 15.0. The van der Waals surface area contributed by atoms with Crippen LogP contribution in [0.2, 0.25) is 0 Å². The molecule has 0 radical (unpaired) electrons. The van der Waals surface area contributed by atoms with Crippen molar-refractivity contribution in [3.05, 3.63) is 77.6 Å². The zero-order chi connectivity index (χ0) is 21.6. The Bertz CT molecular complexity index is 1010. The normalized spacial score (nSPS) is 16.4. The van der Waals surface area contributed by atoms with Gasteiger partial charge in [0, 0.05) is 30.3 Å². The fraction of sp³-hybridized carbons (Fsp3) is 0.304. The van der Waals surface area contributed by atoms with E-state index in [0.717, 1.165) is 30.9 Å². The second-order valence-corrected chi connectivity index (χ2v) is 7.65. The van der Waals surface area contributed by atoms with Crippen LogP contribution in [-0.2, 0) is 11.2 Å². The molecule has 1 aromatic heterocycles. The number of nitrogens with one attached hydrogen (secondary N) is 2. The number of benzene rings is 2. The van der Waals surface area contributed by atoms with Gasteiger partial charge in [-0.3, -0.25) is 14.8 Å². The Kier molecular flexibility index (Phi) is 6.57. The molecule has 1 amide bonds. The number of likely N-dealkylation sites (tertiary alicyclic amines) is 1. The van der Waals surface area contributed by atoms with Gasteiger partial charge in [-0.05, 0) is 67.6 Å². The molecule has 0 unspecified atom stereocenters. The zero-order valence-electron chi connectivity index (χ0n) is 17.0. The van der Waals surface area contributed by atoms with E-state index in [1.807, 2.05) is 6.07 Å². The van der Waals surface area contributed by atoms with Gasteiger partial charge in [0.05, 0.1) is 18.8 Å². The number of hydrogen-bond donors (Lipinski definition) is 2. The number of aromatic nitrogens is 2. The van der Waals surface area contributed by atoms with Crippen LogP contribution in [0.25, 0.3) is 0 Å². The van der Waals surface area contributed by atoms with Crippen LogP contribution >= 0.6 is 0 Å². The number of ether oxygens (including phenoxy) is 1. The van der Waals surface area contributed by atoms with Crippen molar-refractivity contribution in [3.63, 3.8) is 0 Å². The lowest BCUT2D eigenvalue weighted by Crippen LogP contribution is -2.31. The molecular weight excluding hydrogens is 402 g/mol. The smallest absolute Gasteiger partial charge is 0.238 e. The van der Waals surface area contributed by atoms with Gasteiger partial charge in [0.1, 0.15) is 17.4 Å². The monoisotopic (exact) mass is 426 g/mol. The van der Waals surface area contributed by atoms with E-state index in [-0.39, 0.29) is 30.0 Å². The van der Waals surface area contributed by atoms with Crippen molar-refractivity contribution < 1.29 is 18.3 Å². The summed E-state index contributed by atoms with van der Waals surface area (Å²) in [7, 11) is 0. The largest absolute Gasteiger partial charge is 0.493 e. The van der Waals surface area contributed by atoms with Gasteiger partial charge >= 0.3 is 0 Å². The standard InChI is InChI=1S/C23H24F2N4O2/c24-17-1-5-19(6-2-17)26-23(30)15-29-11-9-16(14-29)22-13-20(27-28-22)10-12-31-21-7-3-18(25)4-8-21/h1-8,13,16H,9-12,14-15H2,(H,26,30)(H,27,28)/t16-/m0/s1. The van der Waals surface area contributed by atoms with E-state index in [1.165, 1.54) is 24.3 Å². The summed E-state index contributed by atoms with van der Waals surface area (Å²) in [6.07, 6.45) is 1.60. The number of H-pyrrole nitrogens is 1. The number of nitrogens with zero attached hydrogens (tertiary/aromatic N) is 2. The van der Waals surface area contributed by atoms with Gasteiger partial charge in [-0.15, -0.1) is 0 Å². The summed E-state index contributed by atoms with van der Waals surface area (Å²) in [6.45, 7) is 2.33. The summed E-state index contributed by atoms with van der Waals surface area (Å²) in [5, 5.41) is 10.3. The molecule has 1 atom stereocenters. The van der Waals surface area contributed by atoms with Crippen LogP contribution in [0.4, 0.5) is 14.5 Å². The second-order valence-electron chi connectivity index (χ2n) is 7.65. The van der Waals surface area contributed by atoms with E-state index in [4.69, 9.17) is 4.74 Å². The van der Waals surface area contributed by atoms with E-state index in [0.29, 0.717) is 24.5 Å². The molecule has 0 bridgehead atoms. The Morgan fingerprint density at radius 1 is 1.13 bits per heavy atom. The van der Waals surface area contributed by atoms with Gasteiger partial charge in [0.15, 0.2) is 0 Å². The summed E-state index contributed by atoms with van der Waals surface area (Å²) < 4.78 is 31.5. The summed E-state index contributed by atoms with van der Waals surface area (Å²) in [6, 6.07) is 13.7. The van der Waals surface area contributed by atoms with Crippen LogP contribution in [0.1, 0.15) is 23.7 Å². The minimum atomic E-state index is -0.333. The summed E-state index contributed by atoms with van der Waals surface area (Å²) in [5.74, 6) is 0.158. The molecule has 0 spiro atoms. The number of carbonyl (C=O) groups is 1. The third kappa shape index (κ3) is 5.88. The van der Waals surface area contributed by atoms with Crippen molar-refractivity contribution in [2.75, 3.05) is 31.6 Å². The van der Waals surface area contributed by atoms with Crippen LogP contribution in [0, 0.1) is 11.6 Å². The van der Waals surface area contributed by atoms with Crippen molar-refractivity contribution >= 4 is 11.6 Å². The lowest BCUT2D eigenvalue weighted by Gasteiger charge is -2.15. The van der Waals surface area contributed by atoms with E-state index >= 15 is 0 Å². The molecule has 0 aliphatic carbocycles. The van der Waals surface area contributed by atoms with Crippen LogP contribution in [0.5, 0.6) is 5.75 Å². The molecule has 162 valence electrons. The number of carbonyl (C=O) groups excluding carboxylic acids is 1. The topological polar surface area (TPSA) is 70.2 Å². The first kappa shape index (κ1) is 21.0. The average molecular weight is 426 g/mol. The van der Waals surface area contributed by atoms with E-state index in [2.05, 4.69) is 20.4 Å². The maximum atomic E-state index is 13.0. The Balaban J connectivity index is 1.22. The third-order valence-electron chi connectivity index (χ3n) is 5.29. The molecule has 4 rings (SSSR count). The number of aromatic amines is 1. The van der Waals surface area contributed by atoms with Crippen molar-refractivity contribution in [3.8, 4) is 5.75 Å². The molecule has 3 aromatic rings. The van der Waals surface area contributed by atoms with Gasteiger partial charge in [0.25, 0.3) is 0 Å². The van der Waals surface area contributed by atoms with Gasteiger partial charge < -0.3 is 10.1 Å². The molecule has 6 nitrogen and oxygen atoms in total. The molecule has 31 heavy (non-hydrogen) atoms. The van der Waals surface area contributed by atoms with Crippen molar-refractivity contribution in [1.82, 2.24) is 15.1 Å². The number of rotatable bonds is 8. The zero-order valence-corrected chi connectivity index (χ0v) is 17.0. The lowest BCUT2D eigenvalue weighted by molar-refractivity contribution is -0.117. The maximum absolute atomic E-state index is 13.0. The van der Waals surface area contributed by atoms with Crippen LogP contribution in [-0.4, -0.2) is 47.2 Å². The molecule has 1 fully saturated rings. The summed E-state index contributed by atoms with van der Waals surface area (Å²) >= 11 is 0. The van der Waals surface area contributed by atoms with Crippen LogP contribution in [0.3, 0.4) is 0 Å². The lowest BCUT2D eigenvalue weighted by atomic mass is 10.0. The summed E-state index contributed by atoms with van der Waals surface area (Å²) in [4.78, 5) is 14.3. The molecule has 2 N–H and O–H groups in total. The quantitative estimate of drug-likeness (QED) is 0.576. The summed E-state index contributed by atoms with van der Waals surface area (Å²) in [5.41, 5.74) is 2.55. The van der Waals surface area contributed by atoms with Crippen molar-refractivity contribution in [2.24, 2.45) is 0 Å². The number of hydrogen-bond acceptors (Lipinski definition) is 4. The fourth-order valence-corrected chi connectivity index (χ4v) is 3.68. The number of halogens is 2. The Morgan fingerprint density at radius 3 is 2.58 bits per heavy atom. The van der Waals surface area contributed by atoms with E-state index in [1.54, 1.807) is 24.3 Å². The van der Waals surface area contributed by atoms with E-state index in [9.17, 15) is 13.6 Å². The molecule has 2 heterocycles. The van der Waals surface area contributed by atoms with Gasteiger partial charge in [-0.1, -0.05) is 0 Å². The highest BCUT2D eigenvalue weighted by atomic mass is 19.1. The highest BCUT2D eigenvalue weighted by Crippen LogP contribution is 2.26. The molecule has 1 aliphatic rings. The molecule has 1 aliphatic heterocycles. The second kappa shape index (κ2) is 9.70. The Hall–Kier alpha value is -3.26. The highest BCUT2D eigenvalue weighted by molar-refractivity contribution is 5.92. The van der Waals surface area contributed by atoms with Gasteiger partial charge in [-0.25, -0.2) is 8.78 Å².